The van der Waals surface area contributed by atoms with E-state index in [0.29, 0.717) is 34.2 Å². The molecule has 0 fully saturated rings. The van der Waals surface area contributed by atoms with Crippen molar-refractivity contribution in [3.63, 3.8) is 0 Å². The van der Waals surface area contributed by atoms with E-state index in [0.717, 1.165) is 5.56 Å². The number of carbonyl (C=O) groups is 1. The molecule has 0 atom stereocenters. The Kier molecular flexibility index (Phi) is 5.89. The number of hydrogen-bond acceptors (Lipinski definition) is 4. The predicted octanol–water partition coefficient (Wildman–Crippen LogP) is 3.87. The molecule has 0 radical (unpaired) electrons. The minimum Gasteiger partial charge on any atom is -0.490 e. The van der Waals surface area contributed by atoms with Crippen LogP contribution in [0.15, 0.2) is 95.3 Å². The van der Waals surface area contributed by atoms with E-state index in [2.05, 4.69) is 17.1 Å². The summed E-state index contributed by atoms with van der Waals surface area (Å²) in [6, 6.07) is 21.9. The maximum absolute atomic E-state index is 12.8. The average molecular weight is 411 g/mol. The molecule has 1 amide bonds. The molecule has 0 bridgehead atoms. The Labute approximate surface area is 179 Å². The summed E-state index contributed by atoms with van der Waals surface area (Å²) < 4.78 is 7.33. The van der Waals surface area contributed by atoms with E-state index in [9.17, 15) is 9.59 Å². The Morgan fingerprint density at radius 3 is 2.35 bits per heavy atom. The van der Waals surface area contributed by atoms with Crippen LogP contribution in [0.25, 0.3) is 21.8 Å². The van der Waals surface area contributed by atoms with Crippen LogP contribution in [0.1, 0.15) is 5.56 Å². The van der Waals surface area contributed by atoms with Gasteiger partial charge in [0.1, 0.15) is 18.9 Å². The number of benzene rings is 3. The van der Waals surface area contributed by atoms with Crippen LogP contribution in [0.5, 0.6) is 5.75 Å². The molecular weight excluding hydrogens is 390 g/mol. The van der Waals surface area contributed by atoms with Crippen LogP contribution in [0.4, 0.5) is 0 Å². The molecule has 4 aromatic rings. The van der Waals surface area contributed by atoms with Gasteiger partial charge in [-0.2, -0.15) is 5.10 Å². The van der Waals surface area contributed by atoms with Crippen molar-refractivity contribution in [3.8, 4) is 5.75 Å². The molecule has 1 heterocycles. The molecule has 154 valence electrons. The zero-order valence-corrected chi connectivity index (χ0v) is 16.8. The number of carbonyl (C=O) groups excluding carboxylic acids is 1. The van der Waals surface area contributed by atoms with E-state index in [-0.39, 0.29) is 17.9 Å². The van der Waals surface area contributed by atoms with Crippen LogP contribution in [-0.4, -0.2) is 23.3 Å². The lowest BCUT2D eigenvalue weighted by molar-refractivity contribution is -0.121. The summed E-state index contributed by atoms with van der Waals surface area (Å²) in [5, 5.41) is 5.22. The van der Waals surface area contributed by atoms with Gasteiger partial charge in [-0.3, -0.25) is 9.59 Å². The topological polar surface area (TPSA) is 72.7 Å². The van der Waals surface area contributed by atoms with E-state index >= 15 is 0 Å². The number of hydrazone groups is 1. The number of ether oxygens (including phenoxy) is 1. The highest BCUT2D eigenvalue weighted by molar-refractivity contribution is 5.95. The molecule has 0 saturated carbocycles. The van der Waals surface area contributed by atoms with E-state index in [1.165, 1.54) is 0 Å². The lowest BCUT2D eigenvalue weighted by Gasteiger charge is -2.14. The third-order valence-electron chi connectivity index (χ3n) is 4.81. The van der Waals surface area contributed by atoms with Crippen molar-refractivity contribution in [2.45, 2.75) is 6.54 Å². The summed E-state index contributed by atoms with van der Waals surface area (Å²) >= 11 is 0. The van der Waals surface area contributed by atoms with Crippen LogP contribution in [0.2, 0.25) is 0 Å². The lowest BCUT2D eigenvalue weighted by Crippen LogP contribution is -2.25. The zero-order valence-electron chi connectivity index (χ0n) is 16.8. The minimum absolute atomic E-state index is 0.0289. The molecule has 0 aliphatic rings. The molecule has 1 aromatic heterocycles. The van der Waals surface area contributed by atoms with Crippen LogP contribution in [-0.2, 0) is 11.3 Å². The van der Waals surface area contributed by atoms with Crippen LogP contribution in [0.3, 0.4) is 0 Å². The summed E-state index contributed by atoms with van der Waals surface area (Å²) in [5.74, 6) is 0.399. The van der Waals surface area contributed by atoms with Crippen molar-refractivity contribution < 1.29 is 9.53 Å². The molecule has 0 unspecified atom stereocenters. The van der Waals surface area contributed by atoms with Crippen LogP contribution >= 0.6 is 0 Å². The van der Waals surface area contributed by atoms with E-state index in [1.54, 1.807) is 24.4 Å². The number of para-hydroxylation sites is 2. The van der Waals surface area contributed by atoms with Gasteiger partial charge < -0.3 is 9.30 Å². The first-order valence-electron chi connectivity index (χ1n) is 9.83. The Bertz CT molecular complexity index is 1300. The number of aromatic nitrogens is 1. The Balaban J connectivity index is 1.56. The SMILES string of the molecule is C=CCOc1cccc(C=NNC(=O)Cn2c3ccccc3c(=O)c3ccccc32)c1. The highest BCUT2D eigenvalue weighted by Crippen LogP contribution is 2.19. The van der Waals surface area contributed by atoms with Gasteiger partial charge in [-0.05, 0) is 42.0 Å². The van der Waals surface area contributed by atoms with E-state index in [1.807, 2.05) is 65.2 Å². The highest BCUT2D eigenvalue weighted by Gasteiger charge is 2.12. The zero-order chi connectivity index (χ0) is 21.6. The van der Waals surface area contributed by atoms with Gasteiger partial charge in [0.05, 0.1) is 17.2 Å². The molecule has 6 heteroatoms. The first-order chi connectivity index (χ1) is 15.2. The first-order valence-corrected chi connectivity index (χ1v) is 9.83. The third kappa shape index (κ3) is 4.38. The summed E-state index contributed by atoms with van der Waals surface area (Å²) in [6.07, 6.45) is 3.23. The molecule has 0 aliphatic heterocycles. The quantitative estimate of drug-likeness (QED) is 0.217. The smallest absolute Gasteiger partial charge is 0.260 e. The maximum Gasteiger partial charge on any atom is 0.260 e. The molecule has 0 aliphatic carbocycles. The van der Waals surface area contributed by atoms with Crippen molar-refractivity contribution in [1.82, 2.24) is 9.99 Å². The highest BCUT2D eigenvalue weighted by atomic mass is 16.5. The van der Waals surface area contributed by atoms with Crippen molar-refractivity contribution in [3.05, 3.63) is 101 Å². The fourth-order valence-corrected chi connectivity index (χ4v) is 3.44. The fourth-order valence-electron chi connectivity index (χ4n) is 3.44. The normalized spacial score (nSPS) is 11.1. The van der Waals surface area contributed by atoms with Crippen molar-refractivity contribution in [1.29, 1.82) is 0 Å². The molecular formula is C25H21N3O3. The molecule has 0 spiro atoms. The van der Waals surface area contributed by atoms with Crippen LogP contribution < -0.4 is 15.6 Å². The lowest BCUT2D eigenvalue weighted by atomic mass is 10.1. The van der Waals surface area contributed by atoms with Gasteiger partial charge in [0.15, 0.2) is 5.43 Å². The predicted molar refractivity (Wildman–Crippen MR) is 124 cm³/mol. The monoisotopic (exact) mass is 411 g/mol. The van der Waals surface area contributed by atoms with Gasteiger partial charge in [0.2, 0.25) is 0 Å². The van der Waals surface area contributed by atoms with Crippen molar-refractivity contribution in [2.75, 3.05) is 6.61 Å². The van der Waals surface area contributed by atoms with Gasteiger partial charge in [-0.1, -0.05) is 49.1 Å². The number of hydrogen-bond donors (Lipinski definition) is 1. The van der Waals surface area contributed by atoms with Crippen molar-refractivity contribution in [2.24, 2.45) is 5.10 Å². The molecule has 1 N–H and O–H groups in total. The average Bonchev–Trinajstić information content (AvgIpc) is 2.81. The van der Waals surface area contributed by atoms with E-state index < -0.39 is 0 Å². The second-order valence-corrected chi connectivity index (χ2v) is 6.91. The molecule has 31 heavy (non-hydrogen) atoms. The first kappa shape index (κ1) is 20.1. The number of amides is 1. The maximum atomic E-state index is 12.8. The van der Waals surface area contributed by atoms with Gasteiger partial charge >= 0.3 is 0 Å². The Hall–Kier alpha value is -4.19. The number of fused-ring (bicyclic) bond motifs is 2. The second kappa shape index (κ2) is 9.09. The molecule has 0 saturated heterocycles. The molecule has 3 aromatic carbocycles. The van der Waals surface area contributed by atoms with Gasteiger partial charge in [-0.25, -0.2) is 5.43 Å². The van der Waals surface area contributed by atoms with Gasteiger partial charge in [0, 0.05) is 10.8 Å². The Morgan fingerprint density at radius 1 is 1.00 bits per heavy atom. The summed E-state index contributed by atoms with van der Waals surface area (Å²) in [4.78, 5) is 25.4. The number of rotatable bonds is 7. The largest absolute Gasteiger partial charge is 0.490 e. The summed E-state index contributed by atoms with van der Waals surface area (Å²) in [6.45, 7) is 4.07. The minimum atomic E-state index is -0.297. The fraction of sp³-hybridized carbons (Fsp3) is 0.0800. The van der Waals surface area contributed by atoms with Gasteiger partial charge in [0.25, 0.3) is 5.91 Å². The molecule has 6 nitrogen and oxygen atoms in total. The van der Waals surface area contributed by atoms with Crippen LogP contribution in [0, 0.1) is 0 Å². The summed E-state index contributed by atoms with van der Waals surface area (Å²) in [5.41, 5.74) is 4.72. The summed E-state index contributed by atoms with van der Waals surface area (Å²) in [7, 11) is 0. The number of pyridine rings is 1. The third-order valence-corrected chi connectivity index (χ3v) is 4.81. The standard InChI is InChI=1S/C25H21N3O3/c1-2-14-31-19-9-7-8-18(15-19)16-26-27-24(29)17-28-22-12-5-3-10-20(22)25(30)21-11-4-6-13-23(21)28/h2-13,15-16H,1,14,17H2,(H,27,29). The van der Waals surface area contributed by atoms with E-state index in [4.69, 9.17) is 4.74 Å². The van der Waals surface area contributed by atoms with Gasteiger partial charge in [-0.15, -0.1) is 0 Å². The Morgan fingerprint density at radius 2 is 1.68 bits per heavy atom. The second-order valence-electron chi connectivity index (χ2n) is 6.91. The number of nitrogens with zero attached hydrogens (tertiary/aromatic N) is 2. The number of nitrogens with one attached hydrogen (secondary N) is 1. The molecule has 4 rings (SSSR count). The van der Waals surface area contributed by atoms with Crippen molar-refractivity contribution >= 4 is 33.9 Å².